The van der Waals surface area contributed by atoms with Gasteiger partial charge in [0.05, 0.1) is 0 Å². The van der Waals surface area contributed by atoms with Crippen LogP contribution in [0.15, 0.2) is 42.5 Å². The minimum Gasteiger partial charge on any atom is -0.483 e. The van der Waals surface area contributed by atoms with E-state index in [1.807, 2.05) is 24.3 Å². The highest BCUT2D eigenvalue weighted by Crippen LogP contribution is 2.28. The van der Waals surface area contributed by atoms with Crippen molar-refractivity contribution in [1.82, 2.24) is 10.2 Å². The molecule has 29 heavy (non-hydrogen) atoms. The molecule has 0 radical (unpaired) electrons. The fraction of sp³-hybridized carbons (Fsp3) is 0.364. The van der Waals surface area contributed by atoms with Gasteiger partial charge < -0.3 is 15.0 Å². The third-order valence-electron chi connectivity index (χ3n) is 4.70. The lowest BCUT2D eigenvalue weighted by atomic mass is 10.0. The van der Waals surface area contributed by atoms with Crippen molar-refractivity contribution in [3.05, 3.63) is 63.6 Å². The predicted molar refractivity (Wildman–Crippen MR) is 117 cm³/mol. The summed E-state index contributed by atoms with van der Waals surface area (Å²) in [6.07, 6.45) is 0. The van der Waals surface area contributed by atoms with Gasteiger partial charge in [0.25, 0.3) is 5.91 Å². The molecule has 0 aliphatic heterocycles. The summed E-state index contributed by atoms with van der Waals surface area (Å²) in [5, 5.41) is 3.44. The number of likely N-dealkylation sites (N-methyl/N-ethyl adjacent to an activating group) is 1. The maximum Gasteiger partial charge on any atom is 0.261 e. The molecule has 1 atom stereocenters. The summed E-state index contributed by atoms with van der Waals surface area (Å²) in [5.41, 5.74) is 1.60. The van der Waals surface area contributed by atoms with Crippen LogP contribution < -0.4 is 10.1 Å². The Morgan fingerprint density at radius 1 is 1.03 bits per heavy atom. The topological polar surface area (TPSA) is 58.6 Å². The molecule has 7 heteroatoms. The van der Waals surface area contributed by atoms with Gasteiger partial charge in [-0.2, -0.15) is 0 Å². The molecule has 0 aromatic heterocycles. The van der Waals surface area contributed by atoms with Crippen molar-refractivity contribution in [1.29, 1.82) is 0 Å². The van der Waals surface area contributed by atoms with Crippen molar-refractivity contribution >= 4 is 35.0 Å². The molecule has 5 nitrogen and oxygen atoms in total. The van der Waals surface area contributed by atoms with Crippen molar-refractivity contribution in [2.45, 2.75) is 39.3 Å². The van der Waals surface area contributed by atoms with Gasteiger partial charge in [0.2, 0.25) is 5.91 Å². The van der Waals surface area contributed by atoms with Gasteiger partial charge in [-0.15, -0.1) is 0 Å². The second kappa shape index (κ2) is 10.5. The first kappa shape index (κ1) is 23.0. The number of para-hydroxylation sites is 1. The Morgan fingerprint density at radius 2 is 1.66 bits per heavy atom. The summed E-state index contributed by atoms with van der Waals surface area (Å²) in [6.45, 7) is 5.67. The van der Waals surface area contributed by atoms with E-state index in [1.165, 1.54) is 11.9 Å². The molecule has 2 aromatic carbocycles. The van der Waals surface area contributed by atoms with E-state index in [-0.39, 0.29) is 30.9 Å². The molecule has 1 N–H and O–H groups in total. The number of carbonyl (C=O) groups excluding carboxylic acids is 2. The third-order valence-corrected chi connectivity index (χ3v) is 5.40. The van der Waals surface area contributed by atoms with Gasteiger partial charge in [0, 0.05) is 29.2 Å². The van der Waals surface area contributed by atoms with Crippen molar-refractivity contribution in [3.63, 3.8) is 0 Å². The highest BCUT2D eigenvalue weighted by atomic mass is 35.5. The summed E-state index contributed by atoms with van der Waals surface area (Å²) >= 11 is 12.5. The molecule has 0 heterocycles. The van der Waals surface area contributed by atoms with E-state index in [9.17, 15) is 9.59 Å². The molecule has 0 aliphatic carbocycles. The van der Waals surface area contributed by atoms with Crippen LogP contribution in [0, 0.1) is 0 Å². The monoisotopic (exact) mass is 436 g/mol. The Hall–Kier alpha value is -2.24. The highest BCUT2D eigenvalue weighted by molar-refractivity contribution is 6.36. The minimum atomic E-state index is -0.719. The van der Waals surface area contributed by atoms with Crippen LogP contribution in [0.3, 0.4) is 0 Å². The van der Waals surface area contributed by atoms with Crippen LogP contribution in [-0.4, -0.2) is 36.4 Å². The lowest BCUT2D eigenvalue weighted by Crippen LogP contribution is -2.48. The number of hydrogen-bond acceptors (Lipinski definition) is 3. The number of rotatable bonds is 8. The number of halogens is 2. The van der Waals surface area contributed by atoms with Crippen molar-refractivity contribution in [3.8, 4) is 5.75 Å². The largest absolute Gasteiger partial charge is 0.483 e. The third kappa shape index (κ3) is 5.87. The van der Waals surface area contributed by atoms with Gasteiger partial charge in [0.15, 0.2) is 6.61 Å². The van der Waals surface area contributed by atoms with Gasteiger partial charge in [0.1, 0.15) is 11.8 Å². The van der Waals surface area contributed by atoms with Crippen LogP contribution in [0.2, 0.25) is 10.0 Å². The Morgan fingerprint density at radius 3 is 2.24 bits per heavy atom. The van der Waals surface area contributed by atoms with Gasteiger partial charge in [-0.1, -0.05) is 61.3 Å². The van der Waals surface area contributed by atoms with E-state index in [2.05, 4.69) is 19.2 Å². The number of amides is 2. The summed E-state index contributed by atoms with van der Waals surface area (Å²) in [5.74, 6) is 0.281. The molecule has 0 saturated carbocycles. The van der Waals surface area contributed by atoms with Crippen LogP contribution in [0.1, 0.15) is 37.8 Å². The molecule has 2 rings (SSSR count). The van der Waals surface area contributed by atoms with Gasteiger partial charge in [-0.05, 0) is 36.6 Å². The van der Waals surface area contributed by atoms with Gasteiger partial charge in [-0.25, -0.2) is 0 Å². The normalized spacial score (nSPS) is 11.8. The summed E-state index contributed by atoms with van der Waals surface area (Å²) < 4.78 is 5.81. The Bertz CT molecular complexity index is 851. The molecule has 2 aromatic rings. The van der Waals surface area contributed by atoms with E-state index in [0.717, 1.165) is 5.56 Å². The number of hydrogen-bond donors (Lipinski definition) is 1. The molecular formula is C22H26Cl2N2O3. The van der Waals surface area contributed by atoms with Gasteiger partial charge in [-0.3, -0.25) is 9.59 Å². The summed E-state index contributed by atoms with van der Waals surface area (Å²) in [6, 6.07) is 12.0. The summed E-state index contributed by atoms with van der Waals surface area (Å²) in [7, 11) is 1.53. The van der Waals surface area contributed by atoms with Crippen molar-refractivity contribution in [2.24, 2.45) is 0 Å². The van der Waals surface area contributed by atoms with E-state index in [4.69, 9.17) is 27.9 Å². The maximum absolute atomic E-state index is 13.0. The summed E-state index contributed by atoms with van der Waals surface area (Å²) in [4.78, 5) is 26.7. The Labute approximate surface area is 181 Å². The fourth-order valence-electron chi connectivity index (χ4n) is 2.96. The van der Waals surface area contributed by atoms with Crippen molar-refractivity contribution in [2.75, 3.05) is 13.7 Å². The first-order valence-corrected chi connectivity index (χ1v) is 10.2. The van der Waals surface area contributed by atoms with Crippen LogP contribution >= 0.6 is 23.2 Å². The van der Waals surface area contributed by atoms with Crippen LogP contribution in [0.4, 0.5) is 0 Å². The lowest BCUT2D eigenvalue weighted by molar-refractivity contribution is -0.142. The van der Waals surface area contributed by atoms with E-state index >= 15 is 0 Å². The SMILES string of the molecule is CNC(=O)C(C)N(Cc1c(Cl)cccc1Cl)C(=O)COc1ccccc1C(C)C. The zero-order chi connectivity index (χ0) is 21.6. The van der Waals surface area contributed by atoms with E-state index < -0.39 is 6.04 Å². The average Bonchev–Trinajstić information content (AvgIpc) is 2.70. The highest BCUT2D eigenvalue weighted by Gasteiger charge is 2.27. The number of benzene rings is 2. The molecule has 2 amide bonds. The second-order valence-electron chi connectivity index (χ2n) is 6.99. The molecule has 0 spiro atoms. The first-order valence-electron chi connectivity index (χ1n) is 9.41. The zero-order valence-corrected chi connectivity index (χ0v) is 18.6. The lowest BCUT2D eigenvalue weighted by Gasteiger charge is -2.29. The van der Waals surface area contributed by atoms with E-state index in [1.54, 1.807) is 25.1 Å². The van der Waals surface area contributed by atoms with Crippen LogP contribution in [0.25, 0.3) is 0 Å². The minimum absolute atomic E-state index is 0.0983. The molecule has 0 aliphatic rings. The maximum atomic E-state index is 13.0. The molecule has 0 saturated heterocycles. The number of nitrogens with zero attached hydrogens (tertiary/aromatic N) is 1. The number of ether oxygens (including phenoxy) is 1. The standard InChI is InChI=1S/C22H26Cl2N2O3/c1-14(2)16-8-5-6-11-20(16)29-13-21(27)26(15(3)22(28)25-4)12-17-18(23)9-7-10-19(17)24/h5-11,14-15H,12-13H2,1-4H3,(H,25,28). The molecule has 156 valence electrons. The molecule has 0 bridgehead atoms. The Balaban J connectivity index is 2.24. The Kier molecular flexibility index (Phi) is 8.35. The number of nitrogens with one attached hydrogen (secondary N) is 1. The van der Waals surface area contributed by atoms with E-state index in [0.29, 0.717) is 21.4 Å². The van der Waals surface area contributed by atoms with Crippen molar-refractivity contribution < 1.29 is 14.3 Å². The molecule has 0 fully saturated rings. The van der Waals surface area contributed by atoms with Crippen LogP contribution in [-0.2, 0) is 16.1 Å². The first-order chi connectivity index (χ1) is 13.8. The average molecular weight is 437 g/mol. The number of carbonyl (C=O) groups is 2. The van der Waals surface area contributed by atoms with Gasteiger partial charge >= 0.3 is 0 Å². The predicted octanol–water partition coefficient (Wildman–Crippen LogP) is 4.66. The fourth-order valence-corrected chi connectivity index (χ4v) is 3.47. The van der Waals surface area contributed by atoms with Crippen LogP contribution in [0.5, 0.6) is 5.75 Å². The zero-order valence-electron chi connectivity index (χ0n) is 17.0. The quantitative estimate of drug-likeness (QED) is 0.654. The molecular weight excluding hydrogens is 411 g/mol. The molecule has 1 unspecified atom stereocenters. The smallest absolute Gasteiger partial charge is 0.261 e. The second-order valence-corrected chi connectivity index (χ2v) is 7.81.